The molecule has 0 aliphatic carbocycles. The van der Waals surface area contributed by atoms with Crippen LogP contribution < -0.4 is 11.2 Å². The first-order chi connectivity index (χ1) is 10.9. The standard InChI is InChI=1S/C14H11N3O6/c1-23-13(19)9-5-2-8(3-6-9)4-7-10-11(17(21)22)12(18)16-14(20)15-10/h2-7H,1H3,(H2,15,16,18,20)/b7-4+. The first kappa shape index (κ1) is 15.9. The number of esters is 1. The molecule has 0 fully saturated rings. The van der Waals surface area contributed by atoms with E-state index in [2.05, 4.69) is 9.72 Å². The minimum Gasteiger partial charge on any atom is -0.465 e. The minimum atomic E-state index is -1.08. The number of nitro groups is 1. The highest BCUT2D eigenvalue weighted by Gasteiger charge is 2.18. The van der Waals surface area contributed by atoms with E-state index in [0.717, 1.165) is 0 Å². The van der Waals surface area contributed by atoms with Crippen LogP contribution in [0, 0.1) is 10.1 Å². The molecular formula is C14H11N3O6. The van der Waals surface area contributed by atoms with Crippen molar-refractivity contribution in [2.24, 2.45) is 0 Å². The number of carbonyl (C=O) groups excluding carboxylic acids is 1. The molecule has 9 heteroatoms. The van der Waals surface area contributed by atoms with Crippen LogP contribution in [0.1, 0.15) is 21.6 Å². The molecule has 118 valence electrons. The summed E-state index contributed by atoms with van der Waals surface area (Å²) in [6, 6.07) is 6.20. The number of rotatable bonds is 4. The predicted octanol–water partition coefficient (Wildman–Crippen LogP) is 0.928. The van der Waals surface area contributed by atoms with Crippen LogP contribution in [0.15, 0.2) is 33.9 Å². The fourth-order valence-corrected chi connectivity index (χ4v) is 1.83. The number of nitrogens with zero attached hydrogens (tertiary/aromatic N) is 1. The summed E-state index contributed by atoms with van der Waals surface area (Å²) in [6.45, 7) is 0. The fourth-order valence-electron chi connectivity index (χ4n) is 1.83. The lowest BCUT2D eigenvalue weighted by Crippen LogP contribution is -2.25. The molecule has 2 aromatic rings. The summed E-state index contributed by atoms with van der Waals surface area (Å²) in [6.07, 6.45) is 2.70. The number of hydrogen-bond donors (Lipinski definition) is 2. The molecular weight excluding hydrogens is 306 g/mol. The molecule has 0 bridgehead atoms. The van der Waals surface area contributed by atoms with Crippen LogP contribution in [0.5, 0.6) is 0 Å². The van der Waals surface area contributed by atoms with Gasteiger partial charge in [0.15, 0.2) is 0 Å². The molecule has 0 amide bonds. The van der Waals surface area contributed by atoms with E-state index in [9.17, 15) is 24.5 Å². The highest BCUT2D eigenvalue weighted by molar-refractivity contribution is 5.89. The van der Waals surface area contributed by atoms with Gasteiger partial charge in [0.2, 0.25) is 0 Å². The Balaban J connectivity index is 2.37. The molecule has 23 heavy (non-hydrogen) atoms. The number of nitrogens with one attached hydrogen (secondary N) is 2. The smallest absolute Gasteiger partial charge is 0.357 e. The van der Waals surface area contributed by atoms with Crippen molar-refractivity contribution in [3.05, 3.63) is 72.0 Å². The van der Waals surface area contributed by atoms with Crippen LogP contribution in [0.25, 0.3) is 12.2 Å². The van der Waals surface area contributed by atoms with E-state index < -0.39 is 27.8 Å². The van der Waals surface area contributed by atoms with Crippen LogP contribution in [0.2, 0.25) is 0 Å². The SMILES string of the molecule is COC(=O)c1ccc(/C=C/c2[nH]c(=O)[nH]c(=O)c2[N+](=O)[O-])cc1. The van der Waals surface area contributed by atoms with Crippen molar-refractivity contribution in [2.75, 3.05) is 7.11 Å². The third-order valence-electron chi connectivity index (χ3n) is 2.90. The molecule has 2 rings (SSSR count). The zero-order valence-electron chi connectivity index (χ0n) is 11.9. The predicted molar refractivity (Wildman–Crippen MR) is 81.0 cm³/mol. The van der Waals surface area contributed by atoms with E-state index in [0.29, 0.717) is 11.1 Å². The fraction of sp³-hybridized carbons (Fsp3) is 0.0714. The number of carbonyl (C=O) groups is 1. The molecule has 0 aliphatic heterocycles. The van der Waals surface area contributed by atoms with Crippen LogP contribution in [-0.2, 0) is 4.74 Å². The second kappa shape index (κ2) is 6.52. The second-order valence-corrected chi connectivity index (χ2v) is 4.37. The molecule has 0 spiro atoms. The molecule has 9 nitrogen and oxygen atoms in total. The van der Waals surface area contributed by atoms with Crippen molar-refractivity contribution < 1.29 is 14.5 Å². The molecule has 1 aromatic heterocycles. The normalized spacial score (nSPS) is 10.7. The Hall–Kier alpha value is -3.49. The molecule has 0 atom stereocenters. The summed E-state index contributed by atoms with van der Waals surface area (Å²) in [7, 11) is 1.26. The lowest BCUT2D eigenvalue weighted by atomic mass is 10.1. The quantitative estimate of drug-likeness (QED) is 0.489. The molecule has 0 saturated heterocycles. The number of benzene rings is 1. The van der Waals surface area contributed by atoms with Crippen LogP contribution in [-0.4, -0.2) is 28.0 Å². The van der Waals surface area contributed by atoms with E-state index in [-0.39, 0.29) is 5.69 Å². The van der Waals surface area contributed by atoms with Crippen molar-refractivity contribution in [1.29, 1.82) is 0 Å². The van der Waals surface area contributed by atoms with E-state index in [4.69, 9.17) is 0 Å². The van der Waals surface area contributed by atoms with Crippen LogP contribution in [0.4, 0.5) is 5.69 Å². The lowest BCUT2D eigenvalue weighted by Gasteiger charge is -1.99. The number of hydrogen-bond acceptors (Lipinski definition) is 6. The van der Waals surface area contributed by atoms with E-state index in [1.54, 1.807) is 17.1 Å². The Kier molecular flexibility index (Phi) is 4.50. The first-order valence-corrected chi connectivity index (χ1v) is 6.30. The van der Waals surface area contributed by atoms with Gasteiger partial charge >= 0.3 is 22.9 Å². The first-order valence-electron chi connectivity index (χ1n) is 6.30. The van der Waals surface area contributed by atoms with Gasteiger partial charge in [-0.1, -0.05) is 18.2 Å². The van der Waals surface area contributed by atoms with Gasteiger partial charge in [-0.05, 0) is 23.8 Å². The van der Waals surface area contributed by atoms with Gasteiger partial charge in [-0.25, -0.2) is 9.59 Å². The minimum absolute atomic E-state index is 0.221. The molecule has 1 heterocycles. The molecule has 2 N–H and O–H groups in total. The van der Waals surface area contributed by atoms with Gasteiger partial charge in [0.05, 0.1) is 17.6 Å². The Morgan fingerprint density at radius 3 is 2.39 bits per heavy atom. The zero-order chi connectivity index (χ0) is 17.0. The molecule has 1 aromatic carbocycles. The van der Waals surface area contributed by atoms with Gasteiger partial charge in [0, 0.05) is 0 Å². The number of ether oxygens (including phenoxy) is 1. The highest BCUT2D eigenvalue weighted by Crippen LogP contribution is 2.13. The zero-order valence-corrected chi connectivity index (χ0v) is 11.9. The Bertz CT molecular complexity index is 892. The molecule has 0 unspecified atom stereocenters. The average molecular weight is 317 g/mol. The summed E-state index contributed by atoms with van der Waals surface area (Å²) < 4.78 is 4.56. The maximum absolute atomic E-state index is 11.5. The number of methoxy groups -OCH3 is 1. The second-order valence-electron chi connectivity index (χ2n) is 4.37. The summed E-state index contributed by atoms with van der Waals surface area (Å²) in [4.78, 5) is 48.0. The monoisotopic (exact) mass is 317 g/mol. The number of aromatic amines is 2. The molecule has 0 saturated carbocycles. The van der Waals surface area contributed by atoms with Gasteiger partial charge in [-0.15, -0.1) is 0 Å². The third-order valence-corrected chi connectivity index (χ3v) is 2.90. The number of H-pyrrole nitrogens is 2. The lowest BCUT2D eigenvalue weighted by molar-refractivity contribution is -0.386. The summed E-state index contributed by atoms with van der Waals surface area (Å²) in [5.41, 5.74) is -1.96. The summed E-state index contributed by atoms with van der Waals surface area (Å²) in [5.74, 6) is -0.491. The Morgan fingerprint density at radius 1 is 1.17 bits per heavy atom. The maximum Gasteiger partial charge on any atom is 0.357 e. The largest absolute Gasteiger partial charge is 0.465 e. The van der Waals surface area contributed by atoms with E-state index in [1.165, 1.54) is 31.4 Å². The van der Waals surface area contributed by atoms with Crippen molar-refractivity contribution in [3.8, 4) is 0 Å². The Morgan fingerprint density at radius 2 is 1.83 bits per heavy atom. The van der Waals surface area contributed by atoms with Crippen molar-refractivity contribution in [1.82, 2.24) is 9.97 Å². The van der Waals surface area contributed by atoms with Crippen molar-refractivity contribution in [2.45, 2.75) is 0 Å². The van der Waals surface area contributed by atoms with E-state index >= 15 is 0 Å². The van der Waals surface area contributed by atoms with E-state index in [1.807, 2.05) is 0 Å². The molecule has 0 radical (unpaired) electrons. The van der Waals surface area contributed by atoms with Crippen molar-refractivity contribution >= 4 is 23.8 Å². The number of aromatic nitrogens is 2. The van der Waals surface area contributed by atoms with Gasteiger partial charge in [-0.3, -0.25) is 19.9 Å². The van der Waals surface area contributed by atoms with Gasteiger partial charge in [0.1, 0.15) is 5.69 Å². The average Bonchev–Trinajstić information content (AvgIpc) is 2.51. The van der Waals surface area contributed by atoms with Crippen LogP contribution in [0.3, 0.4) is 0 Å². The van der Waals surface area contributed by atoms with Crippen molar-refractivity contribution in [3.63, 3.8) is 0 Å². The Labute approximate surface area is 128 Å². The summed E-state index contributed by atoms with van der Waals surface area (Å²) >= 11 is 0. The topological polar surface area (TPSA) is 135 Å². The van der Waals surface area contributed by atoms with Gasteiger partial charge in [0.25, 0.3) is 0 Å². The summed E-state index contributed by atoms with van der Waals surface area (Å²) in [5, 5.41) is 10.9. The molecule has 0 aliphatic rings. The highest BCUT2D eigenvalue weighted by atomic mass is 16.6. The maximum atomic E-state index is 11.5. The van der Waals surface area contributed by atoms with Gasteiger partial charge in [-0.2, -0.15) is 0 Å². The third kappa shape index (κ3) is 3.59. The van der Waals surface area contributed by atoms with Crippen LogP contribution >= 0.6 is 0 Å². The van der Waals surface area contributed by atoms with Gasteiger partial charge < -0.3 is 9.72 Å².